The molecule has 1 heterocycles. The fourth-order valence-electron chi connectivity index (χ4n) is 1.80. The fraction of sp³-hybridized carbons (Fsp3) is 0.267. The highest BCUT2D eigenvalue weighted by atomic mass is 19.4. The van der Waals surface area contributed by atoms with Gasteiger partial charge in [0.15, 0.2) is 0 Å². The molecule has 7 heteroatoms. The first-order valence-electron chi connectivity index (χ1n) is 6.47. The number of halogens is 4. The molecular weight excluding hydrogens is 300 g/mol. The topological polar surface area (TPSA) is 48.1 Å². The minimum absolute atomic E-state index is 0.0256. The molecule has 0 saturated heterocycles. The van der Waals surface area contributed by atoms with Crippen molar-refractivity contribution < 1.29 is 22.3 Å². The van der Waals surface area contributed by atoms with Crippen LogP contribution in [0.3, 0.4) is 0 Å². The Morgan fingerprint density at radius 1 is 1.23 bits per heavy atom. The van der Waals surface area contributed by atoms with Crippen molar-refractivity contribution in [3.63, 3.8) is 0 Å². The highest BCUT2D eigenvalue weighted by molar-refractivity contribution is 5.31. The van der Waals surface area contributed by atoms with Gasteiger partial charge in [-0.15, -0.1) is 0 Å². The number of benzene rings is 1. The molecule has 1 atom stereocenters. The zero-order chi connectivity index (χ0) is 16.3. The summed E-state index contributed by atoms with van der Waals surface area (Å²) >= 11 is 0. The molecule has 2 aromatic rings. The molecule has 0 fully saturated rings. The van der Waals surface area contributed by atoms with Crippen LogP contribution in [0.5, 0.6) is 5.75 Å². The summed E-state index contributed by atoms with van der Waals surface area (Å²) in [7, 11) is 0. The van der Waals surface area contributed by atoms with Gasteiger partial charge in [0, 0.05) is 17.8 Å². The van der Waals surface area contributed by atoms with Crippen LogP contribution in [0.15, 0.2) is 36.5 Å². The molecular formula is C15H14F4N2O. The van der Waals surface area contributed by atoms with E-state index in [2.05, 4.69) is 4.98 Å². The third-order valence-electron chi connectivity index (χ3n) is 3.00. The van der Waals surface area contributed by atoms with Crippen LogP contribution >= 0.6 is 0 Å². The number of aromatic nitrogens is 1. The predicted molar refractivity (Wildman–Crippen MR) is 72.6 cm³/mol. The summed E-state index contributed by atoms with van der Waals surface area (Å²) in [5.41, 5.74) is 5.45. The van der Waals surface area contributed by atoms with E-state index in [4.69, 9.17) is 10.5 Å². The van der Waals surface area contributed by atoms with Crippen molar-refractivity contribution >= 4 is 0 Å². The minimum atomic E-state index is -4.42. The average Bonchev–Trinajstić information content (AvgIpc) is 2.45. The van der Waals surface area contributed by atoms with Crippen LogP contribution in [0.1, 0.15) is 29.8 Å². The van der Waals surface area contributed by atoms with Crippen molar-refractivity contribution in [2.75, 3.05) is 0 Å². The molecule has 1 aromatic heterocycles. The Morgan fingerprint density at radius 3 is 2.50 bits per heavy atom. The van der Waals surface area contributed by atoms with Gasteiger partial charge in [-0.3, -0.25) is 4.98 Å². The maximum Gasteiger partial charge on any atom is 0.417 e. The lowest BCUT2D eigenvalue weighted by Gasteiger charge is -2.11. The number of hydrogen-bond donors (Lipinski definition) is 1. The van der Waals surface area contributed by atoms with Gasteiger partial charge in [0.05, 0.1) is 11.3 Å². The summed E-state index contributed by atoms with van der Waals surface area (Å²) < 4.78 is 56.1. The summed E-state index contributed by atoms with van der Waals surface area (Å²) in [6.45, 7) is 1.61. The van der Waals surface area contributed by atoms with Gasteiger partial charge in [0.25, 0.3) is 0 Å². The molecule has 0 aliphatic carbocycles. The van der Waals surface area contributed by atoms with Crippen LogP contribution in [0, 0.1) is 5.82 Å². The lowest BCUT2D eigenvalue weighted by Crippen LogP contribution is -2.08. The number of ether oxygens (including phenoxy) is 1. The van der Waals surface area contributed by atoms with Gasteiger partial charge in [-0.25, -0.2) is 4.39 Å². The first kappa shape index (κ1) is 16.2. The summed E-state index contributed by atoms with van der Waals surface area (Å²) in [5, 5.41) is 0. The molecule has 0 radical (unpaired) electrons. The molecule has 0 bridgehead atoms. The Kier molecular flexibility index (Phi) is 4.65. The molecule has 2 N–H and O–H groups in total. The summed E-state index contributed by atoms with van der Waals surface area (Å²) in [4.78, 5) is 3.69. The Bertz CT molecular complexity index is 639. The third kappa shape index (κ3) is 3.94. The molecule has 1 aromatic carbocycles. The standard InChI is InChI=1S/C15H14F4N2O/c1-9(20)13-6-12(4-5-14(13)16)22-8-11-3-2-10(7-21-11)15(17,18)19/h2-7,9H,8,20H2,1H3. The van der Waals surface area contributed by atoms with Gasteiger partial charge in [-0.1, -0.05) is 0 Å². The second-order valence-electron chi connectivity index (χ2n) is 4.80. The molecule has 118 valence electrons. The second-order valence-corrected chi connectivity index (χ2v) is 4.80. The molecule has 22 heavy (non-hydrogen) atoms. The first-order chi connectivity index (χ1) is 10.3. The molecule has 1 unspecified atom stereocenters. The van der Waals surface area contributed by atoms with Crippen LogP contribution in [0.25, 0.3) is 0 Å². The predicted octanol–water partition coefficient (Wildman–Crippen LogP) is 3.84. The number of hydrogen-bond acceptors (Lipinski definition) is 3. The quantitative estimate of drug-likeness (QED) is 0.872. The summed E-state index contributed by atoms with van der Waals surface area (Å²) in [5.74, 6) is -0.0644. The van der Waals surface area contributed by atoms with Crippen molar-refractivity contribution in [1.82, 2.24) is 4.98 Å². The molecule has 2 rings (SSSR count). The van der Waals surface area contributed by atoms with Gasteiger partial charge in [0.2, 0.25) is 0 Å². The van der Waals surface area contributed by atoms with Gasteiger partial charge < -0.3 is 10.5 Å². The summed E-state index contributed by atoms with van der Waals surface area (Å²) in [6.07, 6.45) is -3.67. The normalized spacial score (nSPS) is 13.0. The molecule has 0 aliphatic heterocycles. The van der Waals surface area contributed by atoms with Crippen molar-refractivity contribution in [3.05, 3.63) is 59.2 Å². The van der Waals surface area contributed by atoms with Crippen molar-refractivity contribution in [2.45, 2.75) is 25.7 Å². The van der Waals surface area contributed by atoms with E-state index in [0.29, 0.717) is 17.0 Å². The van der Waals surface area contributed by atoms with E-state index in [-0.39, 0.29) is 6.61 Å². The number of pyridine rings is 1. The van der Waals surface area contributed by atoms with Crippen LogP contribution in [0.4, 0.5) is 17.6 Å². The van der Waals surface area contributed by atoms with E-state index in [9.17, 15) is 17.6 Å². The van der Waals surface area contributed by atoms with E-state index in [1.54, 1.807) is 6.92 Å². The van der Waals surface area contributed by atoms with E-state index in [0.717, 1.165) is 12.3 Å². The van der Waals surface area contributed by atoms with E-state index in [1.165, 1.54) is 24.3 Å². The van der Waals surface area contributed by atoms with Crippen molar-refractivity contribution in [2.24, 2.45) is 5.73 Å². The van der Waals surface area contributed by atoms with Gasteiger partial charge in [-0.05, 0) is 37.3 Å². The van der Waals surface area contributed by atoms with E-state index in [1.807, 2.05) is 0 Å². The Hall–Kier alpha value is -2.15. The molecule has 0 saturated carbocycles. The van der Waals surface area contributed by atoms with Gasteiger partial charge >= 0.3 is 6.18 Å². The highest BCUT2D eigenvalue weighted by Crippen LogP contribution is 2.28. The Balaban J connectivity index is 2.06. The number of nitrogens with two attached hydrogens (primary N) is 1. The second kappa shape index (κ2) is 6.31. The molecule has 3 nitrogen and oxygen atoms in total. The van der Waals surface area contributed by atoms with Crippen LogP contribution in [-0.2, 0) is 12.8 Å². The van der Waals surface area contributed by atoms with E-state index >= 15 is 0 Å². The zero-order valence-electron chi connectivity index (χ0n) is 11.7. The Morgan fingerprint density at radius 2 is 1.95 bits per heavy atom. The molecule has 0 amide bonds. The SMILES string of the molecule is CC(N)c1cc(OCc2ccc(C(F)(F)F)cn2)ccc1F. The molecule has 0 aliphatic rings. The molecule has 0 spiro atoms. The smallest absolute Gasteiger partial charge is 0.417 e. The third-order valence-corrected chi connectivity index (χ3v) is 3.00. The maximum atomic E-state index is 13.5. The van der Waals surface area contributed by atoms with E-state index < -0.39 is 23.6 Å². The zero-order valence-corrected chi connectivity index (χ0v) is 11.7. The van der Waals surface area contributed by atoms with Crippen molar-refractivity contribution in [1.29, 1.82) is 0 Å². The lowest BCUT2D eigenvalue weighted by molar-refractivity contribution is -0.137. The van der Waals surface area contributed by atoms with Crippen LogP contribution < -0.4 is 10.5 Å². The maximum absolute atomic E-state index is 13.5. The fourth-order valence-corrected chi connectivity index (χ4v) is 1.80. The monoisotopic (exact) mass is 314 g/mol. The Labute approximate surface area is 124 Å². The largest absolute Gasteiger partial charge is 0.487 e. The number of alkyl halides is 3. The summed E-state index contributed by atoms with van der Waals surface area (Å²) in [6, 6.07) is 5.79. The lowest BCUT2D eigenvalue weighted by atomic mass is 10.1. The first-order valence-corrected chi connectivity index (χ1v) is 6.47. The van der Waals surface area contributed by atoms with Gasteiger partial charge in [0.1, 0.15) is 18.2 Å². The highest BCUT2D eigenvalue weighted by Gasteiger charge is 2.30. The van der Waals surface area contributed by atoms with Crippen LogP contribution in [-0.4, -0.2) is 4.98 Å². The number of rotatable bonds is 4. The average molecular weight is 314 g/mol. The van der Waals surface area contributed by atoms with Crippen molar-refractivity contribution in [3.8, 4) is 5.75 Å². The minimum Gasteiger partial charge on any atom is -0.487 e. The van der Waals surface area contributed by atoms with Gasteiger partial charge in [-0.2, -0.15) is 13.2 Å². The van der Waals surface area contributed by atoms with Crippen LogP contribution in [0.2, 0.25) is 0 Å². The number of nitrogens with zero attached hydrogens (tertiary/aromatic N) is 1.